The molecule has 0 saturated carbocycles. The van der Waals surface area contributed by atoms with Crippen molar-refractivity contribution >= 4 is 33.0 Å². The van der Waals surface area contributed by atoms with E-state index in [9.17, 15) is 18.3 Å². The number of carbonyl (C=O) groups is 1. The van der Waals surface area contributed by atoms with Crippen LogP contribution in [0.5, 0.6) is 0 Å². The lowest BCUT2D eigenvalue weighted by atomic mass is 10.1. The summed E-state index contributed by atoms with van der Waals surface area (Å²) in [4.78, 5) is 11.7. The van der Waals surface area contributed by atoms with Gasteiger partial charge in [-0.05, 0) is 42.6 Å². The molecule has 1 unspecified atom stereocenters. The van der Waals surface area contributed by atoms with Crippen LogP contribution < -0.4 is 10.0 Å². The monoisotopic (exact) mass is 354 g/mol. The maximum Gasteiger partial charge on any atom is 0.240 e. The Balaban J connectivity index is 2.08. The second-order valence-electron chi connectivity index (χ2n) is 5.28. The van der Waals surface area contributed by atoms with Crippen LogP contribution in [0.25, 0.3) is 0 Å². The highest BCUT2D eigenvalue weighted by atomic mass is 32.2. The molecule has 1 amide bonds. The largest absolute Gasteiger partial charge is 0.383 e. The minimum atomic E-state index is -3.75. The summed E-state index contributed by atoms with van der Waals surface area (Å²) in [5, 5.41) is 14.7. The highest BCUT2D eigenvalue weighted by Crippen LogP contribution is 2.25. The van der Waals surface area contributed by atoms with Gasteiger partial charge in [-0.3, -0.25) is 4.79 Å². The molecule has 1 heterocycles. The number of benzene rings is 1. The summed E-state index contributed by atoms with van der Waals surface area (Å²) in [5.74, 6) is -0.231. The van der Waals surface area contributed by atoms with E-state index in [2.05, 4.69) is 10.0 Å². The number of rotatable bonds is 6. The molecule has 1 aromatic heterocycles. The lowest BCUT2D eigenvalue weighted by Gasteiger charge is -2.22. The van der Waals surface area contributed by atoms with E-state index >= 15 is 0 Å². The Morgan fingerprint density at radius 1 is 1.26 bits per heavy atom. The summed E-state index contributed by atoms with van der Waals surface area (Å²) in [5.41, 5.74) is -0.765. The molecule has 0 aliphatic carbocycles. The van der Waals surface area contributed by atoms with Gasteiger partial charge in [-0.1, -0.05) is 6.07 Å². The molecule has 0 aliphatic rings. The van der Waals surface area contributed by atoms with Crippen molar-refractivity contribution in [3.63, 3.8) is 0 Å². The van der Waals surface area contributed by atoms with Crippen molar-refractivity contribution in [1.82, 2.24) is 4.72 Å². The van der Waals surface area contributed by atoms with Crippen molar-refractivity contribution < 1.29 is 18.3 Å². The van der Waals surface area contributed by atoms with E-state index in [0.717, 1.165) is 0 Å². The summed E-state index contributed by atoms with van der Waals surface area (Å²) in [6.45, 7) is 2.80. The van der Waals surface area contributed by atoms with Gasteiger partial charge in [-0.25, -0.2) is 13.1 Å². The summed E-state index contributed by atoms with van der Waals surface area (Å²) in [7, 11) is -3.75. The maximum absolute atomic E-state index is 12.3. The molecular weight excluding hydrogens is 336 g/mol. The zero-order valence-corrected chi connectivity index (χ0v) is 14.4. The van der Waals surface area contributed by atoms with Crippen LogP contribution in [0.4, 0.5) is 5.69 Å². The summed E-state index contributed by atoms with van der Waals surface area (Å²) in [6.07, 6.45) is 0. The molecule has 124 valence electrons. The SMILES string of the molecule is CC(=O)Nc1ccc(S(=O)(=O)NCC(C)(O)c2cccs2)cc1. The van der Waals surface area contributed by atoms with E-state index in [1.165, 1.54) is 42.5 Å². The first-order valence-corrected chi connectivity index (χ1v) is 9.21. The van der Waals surface area contributed by atoms with Gasteiger partial charge in [0.2, 0.25) is 15.9 Å². The van der Waals surface area contributed by atoms with Crippen molar-refractivity contribution in [2.24, 2.45) is 0 Å². The normalized spacial score (nSPS) is 14.2. The standard InChI is InChI=1S/C15H18N2O4S2/c1-11(18)17-12-5-7-13(8-6-12)23(20,21)16-10-15(2,19)14-4-3-9-22-14/h3-9,16,19H,10H2,1-2H3,(H,17,18). The lowest BCUT2D eigenvalue weighted by Crippen LogP contribution is -2.38. The Labute approximate surface area is 139 Å². The molecule has 2 aromatic rings. The average Bonchev–Trinajstić information content (AvgIpc) is 3.00. The van der Waals surface area contributed by atoms with Gasteiger partial charge < -0.3 is 10.4 Å². The first kappa shape index (κ1) is 17.6. The van der Waals surface area contributed by atoms with Crippen LogP contribution >= 0.6 is 11.3 Å². The highest BCUT2D eigenvalue weighted by molar-refractivity contribution is 7.89. The van der Waals surface area contributed by atoms with Gasteiger partial charge in [0.05, 0.1) is 4.90 Å². The van der Waals surface area contributed by atoms with Gasteiger partial charge >= 0.3 is 0 Å². The first-order chi connectivity index (χ1) is 10.7. The van der Waals surface area contributed by atoms with Crippen LogP contribution in [-0.4, -0.2) is 26.0 Å². The van der Waals surface area contributed by atoms with Crippen molar-refractivity contribution in [2.45, 2.75) is 24.3 Å². The van der Waals surface area contributed by atoms with Gasteiger partial charge in [-0.15, -0.1) is 11.3 Å². The quantitative estimate of drug-likeness (QED) is 0.738. The van der Waals surface area contributed by atoms with E-state index in [1.54, 1.807) is 19.1 Å². The molecule has 3 N–H and O–H groups in total. The minimum absolute atomic E-state index is 0.0635. The zero-order valence-electron chi connectivity index (χ0n) is 12.7. The summed E-state index contributed by atoms with van der Waals surface area (Å²) < 4.78 is 27.0. The Hall–Kier alpha value is -1.74. The molecule has 6 nitrogen and oxygen atoms in total. The van der Waals surface area contributed by atoms with E-state index in [1.807, 2.05) is 5.38 Å². The van der Waals surface area contributed by atoms with Crippen LogP contribution in [0.1, 0.15) is 18.7 Å². The second-order valence-corrected chi connectivity index (χ2v) is 8.00. The Bertz CT molecular complexity index is 766. The second kappa shape index (κ2) is 6.79. The predicted molar refractivity (Wildman–Crippen MR) is 89.8 cm³/mol. The molecule has 0 aliphatic heterocycles. The molecule has 0 bridgehead atoms. The third-order valence-corrected chi connectivity index (χ3v) is 5.68. The number of anilines is 1. The molecule has 8 heteroatoms. The summed E-state index contributed by atoms with van der Waals surface area (Å²) in [6, 6.07) is 9.35. The van der Waals surface area contributed by atoms with Crippen LogP contribution in [0.3, 0.4) is 0 Å². The molecule has 0 spiro atoms. The minimum Gasteiger partial charge on any atom is -0.383 e. The average molecular weight is 354 g/mol. The fraction of sp³-hybridized carbons (Fsp3) is 0.267. The molecule has 0 fully saturated rings. The molecule has 1 aromatic carbocycles. The smallest absolute Gasteiger partial charge is 0.240 e. The third-order valence-electron chi connectivity index (χ3n) is 3.14. The van der Waals surface area contributed by atoms with Crippen LogP contribution in [-0.2, 0) is 20.4 Å². The van der Waals surface area contributed by atoms with E-state index < -0.39 is 15.6 Å². The number of sulfonamides is 1. The fourth-order valence-corrected chi connectivity index (χ4v) is 3.83. The molecule has 2 rings (SSSR count). The van der Waals surface area contributed by atoms with Crippen molar-refractivity contribution in [3.8, 4) is 0 Å². The Morgan fingerprint density at radius 3 is 2.43 bits per heavy atom. The van der Waals surface area contributed by atoms with Crippen molar-refractivity contribution in [1.29, 1.82) is 0 Å². The number of carbonyl (C=O) groups excluding carboxylic acids is 1. The summed E-state index contributed by atoms with van der Waals surface area (Å²) >= 11 is 1.36. The number of amides is 1. The van der Waals surface area contributed by atoms with E-state index in [4.69, 9.17) is 0 Å². The third kappa shape index (κ3) is 4.61. The van der Waals surface area contributed by atoms with Gasteiger partial charge in [0.25, 0.3) is 0 Å². The van der Waals surface area contributed by atoms with E-state index in [0.29, 0.717) is 10.6 Å². The topological polar surface area (TPSA) is 95.5 Å². The number of thiophene rings is 1. The zero-order chi connectivity index (χ0) is 17.1. The van der Waals surface area contributed by atoms with Crippen molar-refractivity contribution in [3.05, 3.63) is 46.7 Å². The number of hydrogen-bond acceptors (Lipinski definition) is 5. The van der Waals surface area contributed by atoms with Gasteiger partial charge in [0, 0.05) is 24.0 Å². The van der Waals surface area contributed by atoms with Gasteiger partial charge in [-0.2, -0.15) is 0 Å². The predicted octanol–water partition coefficient (Wildman–Crippen LogP) is 1.89. The van der Waals surface area contributed by atoms with Gasteiger partial charge in [0.15, 0.2) is 0 Å². The van der Waals surface area contributed by atoms with Crippen molar-refractivity contribution in [2.75, 3.05) is 11.9 Å². The first-order valence-electron chi connectivity index (χ1n) is 6.84. The fourth-order valence-electron chi connectivity index (χ4n) is 1.91. The van der Waals surface area contributed by atoms with Gasteiger partial charge in [0.1, 0.15) is 5.60 Å². The highest BCUT2D eigenvalue weighted by Gasteiger charge is 2.27. The molecular formula is C15H18N2O4S2. The van der Waals surface area contributed by atoms with Crippen LogP contribution in [0, 0.1) is 0 Å². The molecule has 0 saturated heterocycles. The molecule has 23 heavy (non-hydrogen) atoms. The lowest BCUT2D eigenvalue weighted by molar-refractivity contribution is -0.114. The van der Waals surface area contributed by atoms with Crippen LogP contribution in [0.15, 0.2) is 46.7 Å². The maximum atomic E-state index is 12.3. The number of aliphatic hydroxyl groups is 1. The number of nitrogens with one attached hydrogen (secondary N) is 2. The Kier molecular flexibility index (Phi) is 5.20. The Morgan fingerprint density at radius 2 is 1.91 bits per heavy atom. The number of hydrogen-bond donors (Lipinski definition) is 3. The molecule has 0 radical (unpaired) electrons. The molecule has 1 atom stereocenters. The van der Waals surface area contributed by atoms with Crippen LogP contribution in [0.2, 0.25) is 0 Å². The van der Waals surface area contributed by atoms with E-state index in [-0.39, 0.29) is 17.3 Å².